The quantitative estimate of drug-likeness (QED) is 0.534. The van der Waals surface area contributed by atoms with Gasteiger partial charge in [0.1, 0.15) is 0 Å². The van der Waals surface area contributed by atoms with Gasteiger partial charge in [-0.15, -0.1) is 21.5 Å². The van der Waals surface area contributed by atoms with Crippen LogP contribution in [-0.4, -0.2) is 39.0 Å². The molecule has 0 aliphatic carbocycles. The summed E-state index contributed by atoms with van der Waals surface area (Å²) in [5.74, 6) is 0.786. The van der Waals surface area contributed by atoms with Crippen molar-refractivity contribution in [3.8, 4) is 10.7 Å². The summed E-state index contributed by atoms with van der Waals surface area (Å²) < 4.78 is 2.00. The van der Waals surface area contributed by atoms with Crippen molar-refractivity contribution in [3.05, 3.63) is 53.4 Å². The largest absolute Gasteiger partial charge is 0.338 e. The van der Waals surface area contributed by atoms with Crippen LogP contribution in [0, 0.1) is 5.92 Å². The predicted octanol–water partition coefficient (Wildman–Crippen LogP) is 3.63. The van der Waals surface area contributed by atoms with Gasteiger partial charge < -0.3 is 5.32 Å². The Bertz CT molecular complexity index is 939. The molecule has 1 aromatic carbocycles. The van der Waals surface area contributed by atoms with Crippen molar-refractivity contribution in [1.29, 1.82) is 0 Å². The van der Waals surface area contributed by atoms with Crippen LogP contribution < -0.4 is 10.6 Å². The summed E-state index contributed by atoms with van der Waals surface area (Å²) in [7, 11) is 0. The minimum Gasteiger partial charge on any atom is -0.338 e. The van der Waals surface area contributed by atoms with Crippen molar-refractivity contribution in [2.45, 2.75) is 25.5 Å². The molecule has 0 saturated heterocycles. The lowest BCUT2D eigenvalue weighted by Gasteiger charge is -2.10. The molecule has 0 fully saturated rings. The van der Waals surface area contributed by atoms with E-state index in [1.807, 2.05) is 66.3 Å². The Balaban J connectivity index is 1.69. The lowest BCUT2D eigenvalue weighted by atomic mass is 10.2. The molecule has 2 N–H and O–H groups in total. The SMILES string of the molecule is CC(C)CNC(=O)NC(=O)CSc1nnc(-c2cccs2)n1Cc1ccccc1. The number of carbonyl (C=O) groups is 2. The summed E-state index contributed by atoms with van der Waals surface area (Å²) in [6.07, 6.45) is 0. The minimum atomic E-state index is -0.477. The molecule has 0 bridgehead atoms. The molecule has 3 amide bonds. The maximum absolute atomic E-state index is 12.1. The number of carbonyl (C=O) groups excluding carboxylic acids is 2. The Labute approximate surface area is 177 Å². The van der Waals surface area contributed by atoms with Crippen molar-refractivity contribution in [2.24, 2.45) is 5.92 Å². The molecular weight excluding hydrogens is 406 g/mol. The third-order valence-corrected chi connectivity index (χ3v) is 5.73. The zero-order valence-electron chi connectivity index (χ0n) is 16.3. The smallest absolute Gasteiger partial charge is 0.321 e. The Morgan fingerprint density at radius 2 is 1.93 bits per heavy atom. The Hall–Kier alpha value is -2.65. The molecule has 0 aliphatic heterocycles. The van der Waals surface area contributed by atoms with Crippen LogP contribution in [0.25, 0.3) is 10.7 Å². The predicted molar refractivity (Wildman–Crippen MR) is 116 cm³/mol. The second-order valence-electron chi connectivity index (χ2n) is 6.80. The minimum absolute atomic E-state index is 0.0759. The van der Waals surface area contributed by atoms with Crippen molar-refractivity contribution in [1.82, 2.24) is 25.4 Å². The molecule has 0 saturated carbocycles. The summed E-state index contributed by atoms with van der Waals surface area (Å²) >= 11 is 2.85. The van der Waals surface area contributed by atoms with E-state index >= 15 is 0 Å². The molecule has 0 spiro atoms. The fourth-order valence-corrected chi connectivity index (χ4v) is 3.98. The first-order chi connectivity index (χ1) is 14.0. The van der Waals surface area contributed by atoms with Crippen LogP contribution in [0.3, 0.4) is 0 Å². The van der Waals surface area contributed by atoms with Gasteiger partial charge >= 0.3 is 6.03 Å². The molecule has 152 valence electrons. The Morgan fingerprint density at radius 3 is 2.62 bits per heavy atom. The maximum Gasteiger partial charge on any atom is 0.321 e. The standard InChI is InChI=1S/C20H23N5O2S2/c1-14(2)11-21-19(27)22-17(26)13-29-20-24-23-18(16-9-6-10-28-16)25(20)12-15-7-4-3-5-8-15/h3-10,14H,11-13H2,1-2H3,(H2,21,22,26,27). The van der Waals surface area contributed by atoms with Gasteiger partial charge in [0.25, 0.3) is 0 Å². The number of amides is 3. The third kappa shape index (κ3) is 6.16. The van der Waals surface area contributed by atoms with Gasteiger partial charge in [0.15, 0.2) is 11.0 Å². The van der Waals surface area contributed by atoms with Gasteiger partial charge in [-0.1, -0.05) is 62.0 Å². The number of benzene rings is 1. The molecule has 0 unspecified atom stereocenters. The van der Waals surface area contributed by atoms with Crippen LogP contribution in [0.15, 0.2) is 53.0 Å². The van der Waals surface area contributed by atoms with Gasteiger partial charge in [0, 0.05) is 6.54 Å². The van der Waals surface area contributed by atoms with E-state index in [1.54, 1.807) is 11.3 Å². The fraction of sp³-hybridized carbons (Fsp3) is 0.300. The van der Waals surface area contributed by atoms with Gasteiger partial charge in [-0.05, 0) is 22.9 Å². The van der Waals surface area contributed by atoms with Gasteiger partial charge in [-0.2, -0.15) is 0 Å². The summed E-state index contributed by atoms with van der Waals surface area (Å²) in [4.78, 5) is 24.9. The Kier molecular flexibility index (Phi) is 7.42. The lowest BCUT2D eigenvalue weighted by molar-refractivity contribution is -0.117. The van der Waals surface area contributed by atoms with Crippen molar-refractivity contribution < 1.29 is 9.59 Å². The molecule has 9 heteroatoms. The highest BCUT2D eigenvalue weighted by Gasteiger charge is 2.17. The summed E-state index contributed by atoms with van der Waals surface area (Å²) in [5.41, 5.74) is 1.12. The second kappa shape index (κ2) is 10.2. The zero-order valence-corrected chi connectivity index (χ0v) is 17.9. The first kappa shape index (κ1) is 21.1. The van der Waals surface area contributed by atoms with Crippen LogP contribution in [0.2, 0.25) is 0 Å². The zero-order chi connectivity index (χ0) is 20.6. The first-order valence-corrected chi connectivity index (χ1v) is 11.1. The number of urea groups is 1. The van der Waals surface area contributed by atoms with Crippen molar-refractivity contribution in [2.75, 3.05) is 12.3 Å². The monoisotopic (exact) mass is 429 g/mol. The number of thioether (sulfide) groups is 1. The van der Waals surface area contributed by atoms with Crippen molar-refractivity contribution in [3.63, 3.8) is 0 Å². The van der Waals surface area contributed by atoms with E-state index in [2.05, 4.69) is 20.8 Å². The third-order valence-electron chi connectivity index (χ3n) is 3.90. The van der Waals surface area contributed by atoms with E-state index in [0.29, 0.717) is 24.2 Å². The summed E-state index contributed by atoms with van der Waals surface area (Å²) in [5, 5.41) is 16.3. The fourth-order valence-electron chi connectivity index (χ4n) is 2.53. The van der Waals surface area contributed by atoms with Crippen LogP contribution in [0.4, 0.5) is 4.79 Å². The van der Waals surface area contributed by atoms with E-state index in [-0.39, 0.29) is 11.7 Å². The number of hydrogen-bond acceptors (Lipinski definition) is 6. The molecule has 0 aliphatic rings. The van der Waals surface area contributed by atoms with Crippen LogP contribution in [-0.2, 0) is 11.3 Å². The normalized spacial score (nSPS) is 10.9. The number of thiophene rings is 1. The highest BCUT2D eigenvalue weighted by atomic mass is 32.2. The molecule has 2 aromatic heterocycles. The first-order valence-electron chi connectivity index (χ1n) is 9.24. The van der Waals surface area contributed by atoms with Crippen LogP contribution in [0.5, 0.6) is 0 Å². The number of aromatic nitrogens is 3. The number of rotatable bonds is 8. The average molecular weight is 430 g/mol. The van der Waals surface area contributed by atoms with E-state index in [0.717, 1.165) is 16.3 Å². The van der Waals surface area contributed by atoms with Gasteiger partial charge in [-0.3, -0.25) is 14.7 Å². The molecule has 29 heavy (non-hydrogen) atoms. The Morgan fingerprint density at radius 1 is 1.14 bits per heavy atom. The average Bonchev–Trinajstić information content (AvgIpc) is 3.35. The molecule has 0 radical (unpaired) electrons. The molecule has 7 nitrogen and oxygen atoms in total. The van der Waals surface area contributed by atoms with Crippen LogP contribution in [0.1, 0.15) is 19.4 Å². The van der Waals surface area contributed by atoms with Gasteiger partial charge in [0.2, 0.25) is 5.91 Å². The summed E-state index contributed by atoms with van der Waals surface area (Å²) in [6, 6.07) is 13.5. The lowest BCUT2D eigenvalue weighted by Crippen LogP contribution is -2.41. The number of imide groups is 1. The van der Waals surface area contributed by atoms with Gasteiger partial charge in [-0.25, -0.2) is 4.79 Å². The maximum atomic E-state index is 12.1. The summed E-state index contributed by atoms with van der Waals surface area (Å²) in [6.45, 7) is 5.09. The molecule has 3 aromatic rings. The molecular formula is C20H23N5O2S2. The van der Waals surface area contributed by atoms with E-state index in [4.69, 9.17) is 0 Å². The van der Waals surface area contributed by atoms with Crippen LogP contribution >= 0.6 is 23.1 Å². The van der Waals surface area contributed by atoms with Crippen molar-refractivity contribution >= 4 is 35.0 Å². The number of nitrogens with one attached hydrogen (secondary N) is 2. The molecule has 0 atom stereocenters. The number of hydrogen-bond donors (Lipinski definition) is 2. The molecule has 3 rings (SSSR count). The number of nitrogens with zero attached hydrogens (tertiary/aromatic N) is 3. The van der Waals surface area contributed by atoms with Gasteiger partial charge in [0.05, 0.1) is 17.2 Å². The van der Waals surface area contributed by atoms with E-state index in [9.17, 15) is 9.59 Å². The highest BCUT2D eigenvalue weighted by Crippen LogP contribution is 2.28. The highest BCUT2D eigenvalue weighted by molar-refractivity contribution is 7.99. The van der Waals surface area contributed by atoms with E-state index < -0.39 is 6.03 Å². The van der Waals surface area contributed by atoms with E-state index in [1.165, 1.54) is 11.8 Å². The second-order valence-corrected chi connectivity index (χ2v) is 8.69. The molecule has 2 heterocycles. The topological polar surface area (TPSA) is 88.9 Å².